The van der Waals surface area contributed by atoms with Gasteiger partial charge < -0.3 is 5.73 Å². The van der Waals surface area contributed by atoms with E-state index in [9.17, 15) is 5.26 Å². The van der Waals surface area contributed by atoms with Gasteiger partial charge in [-0.25, -0.2) is 9.97 Å². The summed E-state index contributed by atoms with van der Waals surface area (Å²) < 4.78 is 1.65. The third-order valence-electron chi connectivity index (χ3n) is 3.10. The summed E-state index contributed by atoms with van der Waals surface area (Å²) in [5.74, 6) is 0.278. The van der Waals surface area contributed by atoms with Crippen molar-refractivity contribution in [1.29, 1.82) is 5.26 Å². The molecule has 0 amide bonds. The Morgan fingerprint density at radius 1 is 1.35 bits per heavy atom. The smallest absolute Gasteiger partial charge is 0.207 e. The highest BCUT2D eigenvalue weighted by atomic mass is 35.5. The molecule has 0 aliphatic carbocycles. The van der Waals surface area contributed by atoms with Gasteiger partial charge in [0.2, 0.25) is 5.95 Å². The van der Waals surface area contributed by atoms with E-state index in [0.717, 1.165) is 5.56 Å². The standard InChI is InChI=1S/C14H10ClN5/c1-8-4-5-18-13-12(8)19-14(17)20(13)11-6-10(15)3-2-9(11)7-16/h2-6H,1H3,(H2,17,19). The molecule has 3 rings (SSSR count). The number of hydrogen-bond donors (Lipinski definition) is 1. The molecule has 0 aliphatic heterocycles. The molecule has 2 heterocycles. The van der Waals surface area contributed by atoms with Crippen LogP contribution in [0.3, 0.4) is 0 Å². The van der Waals surface area contributed by atoms with Crippen LogP contribution in [0.15, 0.2) is 30.5 Å². The number of pyridine rings is 1. The van der Waals surface area contributed by atoms with Crippen LogP contribution in [0.4, 0.5) is 5.95 Å². The summed E-state index contributed by atoms with van der Waals surface area (Å²) in [7, 11) is 0. The van der Waals surface area contributed by atoms with Crippen molar-refractivity contribution in [1.82, 2.24) is 14.5 Å². The van der Waals surface area contributed by atoms with Crippen LogP contribution in [-0.4, -0.2) is 14.5 Å². The molecule has 2 N–H and O–H groups in total. The van der Waals surface area contributed by atoms with Gasteiger partial charge in [0.25, 0.3) is 0 Å². The van der Waals surface area contributed by atoms with Gasteiger partial charge in [0.1, 0.15) is 11.6 Å². The van der Waals surface area contributed by atoms with Gasteiger partial charge in [0.15, 0.2) is 5.65 Å². The summed E-state index contributed by atoms with van der Waals surface area (Å²) in [6.07, 6.45) is 1.69. The molecule has 20 heavy (non-hydrogen) atoms. The second-order valence-electron chi connectivity index (χ2n) is 4.38. The normalized spacial score (nSPS) is 10.7. The number of halogens is 1. The number of nitriles is 1. The molecule has 1 aromatic carbocycles. The molecular weight excluding hydrogens is 274 g/mol. The second kappa shape index (κ2) is 4.51. The van der Waals surface area contributed by atoms with Crippen LogP contribution in [0.1, 0.15) is 11.1 Å². The van der Waals surface area contributed by atoms with E-state index >= 15 is 0 Å². The average Bonchev–Trinajstić information content (AvgIpc) is 2.76. The zero-order chi connectivity index (χ0) is 14.3. The predicted octanol–water partition coefficient (Wildman–Crippen LogP) is 2.84. The second-order valence-corrected chi connectivity index (χ2v) is 4.82. The SMILES string of the molecule is Cc1ccnc2c1nc(N)n2-c1cc(Cl)ccc1C#N. The third kappa shape index (κ3) is 1.78. The van der Waals surface area contributed by atoms with Crippen LogP contribution in [-0.2, 0) is 0 Å². The lowest BCUT2D eigenvalue weighted by Gasteiger charge is -2.08. The Kier molecular flexibility index (Phi) is 2.81. The van der Waals surface area contributed by atoms with Gasteiger partial charge in [0.05, 0.1) is 11.3 Å². The van der Waals surface area contributed by atoms with Gasteiger partial charge in [-0.2, -0.15) is 5.26 Å². The van der Waals surface area contributed by atoms with Crippen molar-refractivity contribution < 1.29 is 0 Å². The summed E-state index contributed by atoms with van der Waals surface area (Å²) in [4.78, 5) is 8.63. The minimum Gasteiger partial charge on any atom is -0.369 e. The number of aromatic nitrogens is 3. The van der Waals surface area contributed by atoms with Gasteiger partial charge in [-0.3, -0.25) is 4.57 Å². The number of fused-ring (bicyclic) bond motifs is 1. The first-order valence-electron chi connectivity index (χ1n) is 5.91. The number of benzene rings is 1. The maximum Gasteiger partial charge on any atom is 0.207 e. The summed E-state index contributed by atoms with van der Waals surface area (Å²) in [6.45, 7) is 1.93. The van der Waals surface area contributed by atoms with E-state index in [1.54, 1.807) is 29.0 Å². The number of nitrogens with two attached hydrogens (primary N) is 1. The Bertz CT molecular complexity index is 860. The summed E-state index contributed by atoms with van der Waals surface area (Å²) in [6, 6.07) is 8.99. The first-order valence-corrected chi connectivity index (χ1v) is 6.29. The van der Waals surface area contributed by atoms with E-state index in [-0.39, 0.29) is 5.95 Å². The minimum atomic E-state index is 0.278. The highest BCUT2D eigenvalue weighted by molar-refractivity contribution is 6.30. The molecule has 98 valence electrons. The topological polar surface area (TPSA) is 80.5 Å². The van der Waals surface area contributed by atoms with E-state index in [0.29, 0.717) is 27.4 Å². The molecule has 0 spiro atoms. The fraction of sp³-hybridized carbons (Fsp3) is 0.0714. The lowest BCUT2D eigenvalue weighted by molar-refractivity contribution is 1.08. The number of anilines is 1. The molecule has 0 fully saturated rings. The lowest BCUT2D eigenvalue weighted by atomic mass is 10.2. The van der Waals surface area contributed by atoms with Crippen molar-refractivity contribution in [3.05, 3.63) is 46.6 Å². The van der Waals surface area contributed by atoms with Crippen molar-refractivity contribution in [2.24, 2.45) is 0 Å². The monoisotopic (exact) mass is 283 g/mol. The largest absolute Gasteiger partial charge is 0.369 e. The zero-order valence-electron chi connectivity index (χ0n) is 10.6. The molecule has 2 aromatic heterocycles. The Labute approximate surface area is 120 Å². The number of imidazole rings is 1. The molecule has 0 bridgehead atoms. The van der Waals surface area contributed by atoms with Crippen LogP contribution in [0, 0.1) is 18.3 Å². The van der Waals surface area contributed by atoms with Crippen LogP contribution < -0.4 is 5.73 Å². The molecule has 0 aliphatic rings. The highest BCUT2D eigenvalue weighted by Crippen LogP contribution is 2.27. The molecule has 0 unspecified atom stereocenters. The first-order chi connectivity index (χ1) is 9.61. The van der Waals surface area contributed by atoms with E-state index in [1.165, 1.54) is 0 Å². The fourth-order valence-corrected chi connectivity index (χ4v) is 2.30. The summed E-state index contributed by atoms with van der Waals surface area (Å²) in [5.41, 5.74) is 9.33. The first kappa shape index (κ1) is 12.5. The van der Waals surface area contributed by atoms with Crippen LogP contribution in [0.25, 0.3) is 16.9 Å². The maximum atomic E-state index is 9.24. The predicted molar refractivity (Wildman–Crippen MR) is 77.7 cm³/mol. The minimum absolute atomic E-state index is 0.278. The van der Waals surface area contributed by atoms with Crippen LogP contribution in [0.5, 0.6) is 0 Å². The maximum absolute atomic E-state index is 9.24. The lowest BCUT2D eigenvalue weighted by Crippen LogP contribution is -2.03. The van der Waals surface area contributed by atoms with Gasteiger partial charge in [-0.15, -0.1) is 0 Å². The molecule has 0 atom stereocenters. The Hall–Kier alpha value is -2.58. The van der Waals surface area contributed by atoms with Gasteiger partial charge in [-0.05, 0) is 36.8 Å². The molecule has 6 heteroatoms. The van der Waals surface area contributed by atoms with Gasteiger partial charge in [0, 0.05) is 11.2 Å². The van der Waals surface area contributed by atoms with Crippen molar-refractivity contribution in [3.8, 4) is 11.8 Å². The summed E-state index contributed by atoms with van der Waals surface area (Å²) >= 11 is 6.02. The molecule has 0 saturated carbocycles. The Morgan fingerprint density at radius 3 is 2.90 bits per heavy atom. The number of nitrogen functional groups attached to an aromatic ring is 1. The molecule has 0 radical (unpaired) electrons. The number of aryl methyl sites for hydroxylation is 1. The van der Waals surface area contributed by atoms with Gasteiger partial charge >= 0.3 is 0 Å². The Morgan fingerprint density at radius 2 is 2.15 bits per heavy atom. The molecule has 3 aromatic rings. The highest BCUT2D eigenvalue weighted by Gasteiger charge is 2.15. The van der Waals surface area contributed by atoms with Crippen molar-refractivity contribution >= 4 is 28.7 Å². The number of rotatable bonds is 1. The van der Waals surface area contributed by atoms with Crippen molar-refractivity contribution in [2.45, 2.75) is 6.92 Å². The average molecular weight is 284 g/mol. The van der Waals surface area contributed by atoms with E-state index in [4.69, 9.17) is 17.3 Å². The summed E-state index contributed by atoms with van der Waals surface area (Å²) in [5, 5.41) is 9.76. The van der Waals surface area contributed by atoms with Crippen LogP contribution in [0.2, 0.25) is 5.02 Å². The van der Waals surface area contributed by atoms with E-state index in [1.807, 2.05) is 13.0 Å². The van der Waals surface area contributed by atoms with Gasteiger partial charge in [-0.1, -0.05) is 11.6 Å². The van der Waals surface area contributed by atoms with Crippen LogP contribution >= 0.6 is 11.6 Å². The Balaban J connectivity index is 2.42. The fourth-order valence-electron chi connectivity index (χ4n) is 2.13. The van der Waals surface area contributed by atoms with Crippen molar-refractivity contribution in [2.75, 3.05) is 5.73 Å². The third-order valence-corrected chi connectivity index (χ3v) is 3.33. The molecule has 5 nitrogen and oxygen atoms in total. The van der Waals surface area contributed by atoms with Crippen molar-refractivity contribution in [3.63, 3.8) is 0 Å². The number of nitrogens with zero attached hydrogens (tertiary/aromatic N) is 4. The number of hydrogen-bond acceptors (Lipinski definition) is 4. The molecular formula is C14H10ClN5. The molecule has 0 saturated heterocycles. The zero-order valence-corrected chi connectivity index (χ0v) is 11.4. The quantitative estimate of drug-likeness (QED) is 0.744. The van der Waals surface area contributed by atoms with E-state index < -0.39 is 0 Å². The van der Waals surface area contributed by atoms with E-state index in [2.05, 4.69) is 16.0 Å².